The Hall–Kier alpha value is -1.76. The average molecular weight is 338 g/mol. The van der Waals surface area contributed by atoms with E-state index < -0.39 is 10.0 Å². The fourth-order valence-electron chi connectivity index (χ4n) is 2.53. The van der Waals surface area contributed by atoms with Crippen LogP contribution in [0.25, 0.3) is 0 Å². The van der Waals surface area contributed by atoms with Gasteiger partial charge in [0, 0.05) is 26.7 Å². The first-order chi connectivity index (χ1) is 10.9. The van der Waals surface area contributed by atoms with E-state index >= 15 is 0 Å². The van der Waals surface area contributed by atoms with Gasteiger partial charge < -0.3 is 10.6 Å². The van der Waals surface area contributed by atoms with Crippen LogP contribution in [0.1, 0.15) is 19.4 Å². The molecule has 0 amide bonds. The van der Waals surface area contributed by atoms with Crippen molar-refractivity contribution in [2.75, 3.05) is 36.7 Å². The van der Waals surface area contributed by atoms with Gasteiger partial charge >= 0.3 is 0 Å². The number of fused-ring (bicyclic) bond motifs is 1. The molecule has 7 heteroatoms. The number of nitrogens with zero attached hydrogens (tertiary/aromatic N) is 2. The number of sulfonamides is 1. The summed E-state index contributed by atoms with van der Waals surface area (Å²) in [4.78, 5) is 4.10. The average Bonchev–Trinajstić information content (AvgIpc) is 2.95. The summed E-state index contributed by atoms with van der Waals surface area (Å²) in [6.45, 7) is 5.87. The number of hydrogen-bond acceptors (Lipinski definition) is 3. The lowest BCUT2D eigenvalue weighted by Gasteiger charge is -2.20. The molecule has 23 heavy (non-hydrogen) atoms. The van der Waals surface area contributed by atoms with Gasteiger partial charge in [-0.15, -0.1) is 0 Å². The molecule has 1 aliphatic rings. The zero-order valence-electron chi connectivity index (χ0n) is 14.0. The number of nitrogens with one attached hydrogen (secondary N) is 2. The maximum atomic E-state index is 12.6. The van der Waals surface area contributed by atoms with Crippen molar-refractivity contribution >= 4 is 21.7 Å². The number of hydrogen-bond donors (Lipinski definition) is 2. The predicted molar refractivity (Wildman–Crippen MR) is 95.5 cm³/mol. The second-order valence-corrected chi connectivity index (χ2v) is 8.05. The minimum absolute atomic E-state index is 0.0454. The van der Waals surface area contributed by atoms with Gasteiger partial charge in [-0.1, -0.05) is 32.0 Å². The Morgan fingerprint density at radius 2 is 2.04 bits per heavy atom. The third kappa shape index (κ3) is 4.60. The van der Waals surface area contributed by atoms with E-state index in [2.05, 4.69) is 29.5 Å². The second-order valence-electron chi connectivity index (χ2n) is 6.04. The maximum Gasteiger partial charge on any atom is 0.236 e. The van der Waals surface area contributed by atoms with Crippen LogP contribution in [0.15, 0.2) is 29.3 Å². The molecule has 0 atom stereocenters. The molecule has 0 spiro atoms. The summed E-state index contributed by atoms with van der Waals surface area (Å²) in [7, 11) is -1.64. The first-order valence-corrected chi connectivity index (χ1v) is 9.58. The highest BCUT2D eigenvalue weighted by atomic mass is 32.2. The molecule has 128 valence electrons. The molecule has 0 unspecified atom stereocenters. The van der Waals surface area contributed by atoms with E-state index in [9.17, 15) is 8.42 Å². The minimum atomic E-state index is -3.32. The lowest BCUT2D eigenvalue weighted by atomic mass is 10.2. The molecule has 2 rings (SSSR count). The van der Waals surface area contributed by atoms with Gasteiger partial charge in [-0.2, -0.15) is 0 Å². The van der Waals surface area contributed by atoms with Crippen LogP contribution in [0, 0.1) is 5.92 Å². The summed E-state index contributed by atoms with van der Waals surface area (Å²) in [6, 6.07) is 7.68. The Kier molecular flexibility index (Phi) is 5.87. The van der Waals surface area contributed by atoms with E-state index in [1.165, 1.54) is 4.31 Å². The fourth-order valence-corrected chi connectivity index (χ4v) is 3.95. The summed E-state index contributed by atoms with van der Waals surface area (Å²) >= 11 is 0. The molecular formula is C16H26N4O2S. The van der Waals surface area contributed by atoms with Crippen LogP contribution in [0.2, 0.25) is 0 Å². The van der Waals surface area contributed by atoms with Gasteiger partial charge in [0.15, 0.2) is 5.96 Å². The van der Waals surface area contributed by atoms with Gasteiger partial charge in [0.2, 0.25) is 10.0 Å². The van der Waals surface area contributed by atoms with Crippen molar-refractivity contribution in [3.05, 3.63) is 29.8 Å². The normalized spacial score (nSPS) is 15.0. The number of para-hydroxylation sites is 1. The third-order valence-electron chi connectivity index (χ3n) is 3.73. The second kappa shape index (κ2) is 7.68. The highest BCUT2D eigenvalue weighted by Gasteiger charge is 2.28. The molecule has 1 heterocycles. The summed E-state index contributed by atoms with van der Waals surface area (Å²) in [5.74, 6) is 1.18. The number of guanidine groups is 1. The first kappa shape index (κ1) is 17.6. The van der Waals surface area contributed by atoms with Gasteiger partial charge in [-0.3, -0.25) is 9.30 Å². The lowest BCUT2D eigenvalue weighted by molar-refractivity contribution is 0.589. The Labute approximate surface area is 139 Å². The number of aliphatic imine (C=N–C) groups is 1. The summed E-state index contributed by atoms with van der Waals surface area (Å²) < 4.78 is 26.6. The number of benzene rings is 1. The molecule has 2 N–H and O–H groups in total. The van der Waals surface area contributed by atoms with Crippen LogP contribution in [-0.4, -0.2) is 46.8 Å². The zero-order chi connectivity index (χ0) is 16.9. The van der Waals surface area contributed by atoms with Crippen LogP contribution < -0.4 is 14.9 Å². The van der Waals surface area contributed by atoms with Crippen molar-refractivity contribution in [1.82, 2.24) is 10.6 Å². The SMILES string of the molecule is CN=C(NCCS(=O)(=O)N1CCc2ccccc21)NCC(C)C. The number of anilines is 1. The Bertz CT molecular complexity index is 656. The fraction of sp³-hybridized carbons (Fsp3) is 0.562. The summed E-state index contributed by atoms with van der Waals surface area (Å²) in [5.41, 5.74) is 1.91. The van der Waals surface area contributed by atoms with Gasteiger partial charge in [-0.05, 0) is 24.0 Å². The van der Waals surface area contributed by atoms with Gasteiger partial charge in [-0.25, -0.2) is 8.42 Å². The molecule has 6 nitrogen and oxygen atoms in total. The van der Waals surface area contributed by atoms with Crippen LogP contribution in [-0.2, 0) is 16.4 Å². The molecule has 0 radical (unpaired) electrons. The van der Waals surface area contributed by atoms with Gasteiger partial charge in [0.1, 0.15) is 0 Å². The van der Waals surface area contributed by atoms with E-state index in [-0.39, 0.29) is 5.75 Å². The largest absolute Gasteiger partial charge is 0.356 e. The molecule has 1 aromatic rings. The van der Waals surface area contributed by atoms with Gasteiger partial charge in [0.25, 0.3) is 0 Å². The quantitative estimate of drug-likeness (QED) is 0.604. The molecule has 0 fully saturated rings. The highest BCUT2D eigenvalue weighted by molar-refractivity contribution is 7.92. The van der Waals surface area contributed by atoms with E-state index in [0.717, 1.165) is 24.2 Å². The molecule has 0 aromatic heterocycles. The topological polar surface area (TPSA) is 73.8 Å². The van der Waals surface area contributed by atoms with Crippen LogP contribution in [0.3, 0.4) is 0 Å². The van der Waals surface area contributed by atoms with Crippen LogP contribution >= 0.6 is 0 Å². The van der Waals surface area contributed by atoms with Crippen molar-refractivity contribution in [2.45, 2.75) is 20.3 Å². The maximum absolute atomic E-state index is 12.6. The Morgan fingerprint density at radius 1 is 1.30 bits per heavy atom. The first-order valence-electron chi connectivity index (χ1n) is 7.97. The van der Waals surface area contributed by atoms with Crippen molar-refractivity contribution in [3.8, 4) is 0 Å². The molecule has 1 aromatic carbocycles. The van der Waals surface area contributed by atoms with Crippen molar-refractivity contribution in [1.29, 1.82) is 0 Å². The molecule has 0 saturated carbocycles. The minimum Gasteiger partial charge on any atom is -0.356 e. The van der Waals surface area contributed by atoms with E-state index in [0.29, 0.717) is 25.0 Å². The van der Waals surface area contributed by atoms with Crippen molar-refractivity contribution < 1.29 is 8.42 Å². The van der Waals surface area contributed by atoms with Crippen molar-refractivity contribution in [2.24, 2.45) is 10.9 Å². The Balaban J connectivity index is 1.90. The predicted octanol–water partition coefficient (Wildman–Crippen LogP) is 1.20. The Morgan fingerprint density at radius 3 is 2.74 bits per heavy atom. The standard InChI is InChI=1S/C16H26N4O2S/c1-13(2)12-19-16(17-3)18-9-11-23(21,22)20-10-8-14-6-4-5-7-15(14)20/h4-7,13H,8-12H2,1-3H3,(H2,17,18,19). The summed E-state index contributed by atoms with van der Waals surface area (Å²) in [6.07, 6.45) is 0.778. The lowest BCUT2D eigenvalue weighted by Crippen LogP contribution is -2.42. The highest BCUT2D eigenvalue weighted by Crippen LogP contribution is 2.29. The molecular weight excluding hydrogens is 312 g/mol. The van der Waals surface area contributed by atoms with E-state index in [1.807, 2.05) is 24.3 Å². The molecule has 0 saturated heterocycles. The van der Waals surface area contributed by atoms with Crippen LogP contribution in [0.4, 0.5) is 5.69 Å². The van der Waals surface area contributed by atoms with Crippen LogP contribution in [0.5, 0.6) is 0 Å². The van der Waals surface area contributed by atoms with E-state index in [1.54, 1.807) is 7.05 Å². The molecule has 0 aliphatic carbocycles. The third-order valence-corrected chi connectivity index (χ3v) is 5.51. The van der Waals surface area contributed by atoms with Crippen molar-refractivity contribution in [3.63, 3.8) is 0 Å². The smallest absolute Gasteiger partial charge is 0.236 e. The molecule has 1 aliphatic heterocycles. The summed E-state index contributed by atoms with van der Waals surface area (Å²) in [5, 5.41) is 6.23. The monoisotopic (exact) mass is 338 g/mol. The number of rotatable bonds is 6. The zero-order valence-corrected chi connectivity index (χ0v) is 14.9. The van der Waals surface area contributed by atoms with Gasteiger partial charge in [0.05, 0.1) is 11.4 Å². The van der Waals surface area contributed by atoms with E-state index in [4.69, 9.17) is 0 Å². The molecule has 0 bridgehead atoms.